The number of nitrogens with zero attached hydrogens (tertiary/aromatic N) is 1. The van der Waals surface area contributed by atoms with Gasteiger partial charge in [0.2, 0.25) is 0 Å². The molecule has 1 rings (SSSR count). The van der Waals surface area contributed by atoms with Crippen molar-refractivity contribution in [2.75, 3.05) is 13.1 Å². The topological polar surface area (TPSA) is 40.5 Å². The number of carboxylic acid groups (broad SMARTS) is 1. The highest BCUT2D eigenvalue weighted by atomic mass is 35.5. The first-order valence-electron chi connectivity index (χ1n) is 5.82. The zero-order valence-corrected chi connectivity index (χ0v) is 11.3. The maximum absolute atomic E-state index is 13.8. The second kappa shape index (κ2) is 6.71. The van der Waals surface area contributed by atoms with Crippen LogP contribution in [-0.4, -0.2) is 29.1 Å². The Morgan fingerprint density at radius 1 is 1.50 bits per heavy atom. The molecule has 0 spiro atoms. The van der Waals surface area contributed by atoms with E-state index in [2.05, 4.69) is 0 Å². The molecular formula is C13H17ClFNO2. The van der Waals surface area contributed by atoms with Gasteiger partial charge in [0.15, 0.2) is 0 Å². The smallest absolute Gasteiger partial charge is 0.317 e. The van der Waals surface area contributed by atoms with E-state index in [-0.39, 0.29) is 18.9 Å². The number of benzene rings is 1. The molecule has 5 heteroatoms. The lowest BCUT2D eigenvalue weighted by Crippen LogP contribution is -2.30. The second-order valence-electron chi connectivity index (χ2n) is 4.31. The second-order valence-corrected chi connectivity index (χ2v) is 4.72. The summed E-state index contributed by atoms with van der Waals surface area (Å²) in [5, 5.41) is 9.15. The molecule has 0 aliphatic heterocycles. The first kappa shape index (κ1) is 14.9. The van der Waals surface area contributed by atoms with Gasteiger partial charge in [-0.05, 0) is 37.6 Å². The molecule has 0 saturated heterocycles. The van der Waals surface area contributed by atoms with Gasteiger partial charge in [0.05, 0.1) is 6.54 Å². The molecule has 100 valence electrons. The summed E-state index contributed by atoms with van der Waals surface area (Å²) in [6.07, 6.45) is 0.804. The van der Waals surface area contributed by atoms with Crippen molar-refractivity contribution in [2.45, 2.75) is 26.8 Å². The molecule has 0 bridgehead atoms. The van der Waals surface area contributed by atoms with E-state index in [1.54, 1.807) is 17.9 Å². The summed E-state index contributed by atoms with van der Waals surface area (Å²) in [6.45, 7) is 4.40. The third-order valence-electron chi connectivity index (χ3n) is 2.57. The van der Waals surface area contributed by atoms with Crippen LogP contribution in [0.15, 0.2) is 12.1 Å². The number of carboxylic acids is 1. The quantitative estimate of drug-likeness (QED) is 0.866. The zero-order valence-electron chi connectivity index (χ0n) is 10.5. The van der Waals surface area contributed by atoms with Crippen LogP contribution in [0, 0.1) is 12.7 Å². The zero-order chi connectivity index (χ0) is 13.7. The standard InChI is InChI=1S/C13H17ClFNO2/c1-3-4-16(8-13(17)18)7-10-11(14)5-9(2)6-12(10)15/h5-6H,3-4,7-8H2,1-2H3,(H,17,18). The lowest BCUT2D eigenvalue weighted by molar-refractivity contribution is -0.138. The Morgan fingerprint density at radius 3 is 2.67 bits per heavy atom. The molecule has 0 unspecified atom stereocenters. The highest BCUT2D eigenvalue weighted by Gasteiger charge is 2.15. The van der Waals surface area contributed by atoms with Crippen molar-refractivity contribution in [1.29, 1.82) is 0 Å². The first-order valence-corrected chi connectivity index (χ1v) is 6.20. The fourth-order valence-electron chi connectivity index (χ4n) is 1.83. The largest absolute Gasteiger partial charge is 0.480 e. The number of carbonyl (C=O) groups is 1. The van der Waals surface area contributed by atoms with Crippen LogP contribution >= 0.6 is 11.6 Å². The molecule has 1 N–H and O–H groups in total. The minimum atomic E-state index is -0.924. The van der Waals surface area contributed by atoms with Crippen molar-refractivity contribution in [3.05, 3.63) is 34.1 Å². The van der Waals surface area contributed by atoms with Crippen LogP contribution in [0.25, 0.3) is 0 Å². The fourth-order valence-corrected chi connectivity index (χ4v) is 2.15. The SMILES string of the molecule is CCCN(CC(=O)O)Cc1c(F)cc(C)cc1Cl. The lowest BCUT2D eigenvalue weighted by atomic mass is 10.1. The van der Waals surface area contributed by atoms with E-state index in [0.29, 0.717) is 17.1 Å². The van der Waals surface area contributed by atoms with Crippen molar-refractivity contribution in [2.24, 2.45) is 0 Å². The van der Waals surface area contributed by atoms with Crippen molar-refractivity contribution in [3.63, 3.8) is 0 Å². The molecule has 0 saturated carbocycles. The Hall–Kier alpha value is -1.13. The Labute approximate surface area is 111 Å². The third kappa shape index (κ3) is 4.27. The van der Waals surface area contributed by atoms with Crippen LogP contribution in [-0.2, 0) is 11.3 Å². The normalized spacial score (nSPS) is 10.9. The van der Waals surface area contributed by atoms with Crippen LogP contribution in [0.3, 0.4) is 0 Å². The van der Waals surface area contributed by atoms with Gasteiger partial charge in [-0.15, -0.1) is 0 Å². The summed E-state index contributed by atoms with van der Waals surface area (Å²) in [5.74, 6) is -1.31. The lowest BCUT2D eigenvalue weighted by Gasteiger charge is -2.20. The minimum absolute atomic E-state index is 0.114. The van der Waals surface area contributed by atoms with Gasteiger partial charge in [0, 0.05) is 17.1 Å². The maximum atomic E-state index is 13.8. The summed E-state index contributed by atoms with van der Waals surface area (Å²) < 4.78 is 13.8. The number of halogens is 2. The maximum Gasteiger partial charge on any atom is 0.317 e. The minimum Gasteiger partial charge on any atom is -0.480 e. The third-order valence-corrected chi connectivity index (χ3v) is 2.90. The van der Waals surface area contributed by atoms with Gasteiger partial charge >= 0.3 is 5.97 Å². The predicted molar refractivity (Wildman–Crippen MR) is 69.4 cm³/mol. The Balaban J connectivity index is 2.89. The molecule has 1 aromatic rings. The molecule has 1 aromatic carbocycles. The van der Waals surface area contributed by atoms with Gasteiger partial charge in [-0.2, -0.15) is 0 Å². The van der Waals surface area contributed by atoms with Crippen molar-refractivity contribution < 1.29 is 14.3 Å². The molecule has 0 heterocycles. The molecule has 0 aliphatic carbocycles. The molecule has 3 nitrogen and oxygen atoms in total. The van der Waals surface area contributed by atoms with Crippen molar-refractivity contribution in [3.8, 4) is 0 Å². The van der Waals surface area contributed by atoms with Gasteiger partial charge < -0.3 is 5.11 Å². The molecule has 0 atom stereocenters. The monoisotopic (exact) mass is 273 g/mol. The van der Waals surface area contributed by atoms with Gasteiger partial charge in [-0.3, -0.25) is 9.69 Å². The Bertz CT molecular complexity index is 414. The van der Waals surface area contributed by atoms with E-state index in [9.17, 15) is 9.18 Å². The molecule has 18 heavy (non-hydrogen) atoms. The summed E-state index contributed by atoms with van der Waals surface area (Å²) in [4.78, 5) is 12.4. The summed E-state index contributed by atoms with van der Waals surface area (Å²) in [5.41, 5.74) is 1.11. The summed E-state index contributed by atoms with van der Waals surface area (Å²) >= 11 is 6.00. The van der Waals surface area contributed by atoms with E-state index in [1.807, 2.05) is 6.92 Å². The highest BCUT2D eigenvalue weighted by molar-refractivity contribution is 6.31. The number of aliphatic carboxylic acids is 1. The Kier molecular flexibility index (Phi) is 5.56. The van der Waals surface area contributed by atoms with E-state index < -0.39 is 5.97 Å². The van der Waals surface area contributed by atoms with Crippen LogP contribution in [0.2, 0.25) is 5.02 Å². The molecule has 0 amide bonds. The fraction of sp³-hybridized carbons (Fsp3) is 0.462. The van der Waals surface area contributed by atoms with Crippen LogP contribution in [0.1, 0.15) is 24.5 Å². The van der Waals surface area contributed by atoms with Gasteiger partial charge in [-0.1, -0.05) is 18.5 Å². The number of hydrogen-bond donors (Lipinski definition) is 1. The molecule has 0 radical (unpaired) electrons. The van der Waals surface area contributed by atoms with Crippen LogP contribution in [0.4, 0.5) is 4.39 Å². The number of rotatable bonds is 6. The van der Waals surface area contributed by atoms with E-state index in [4.69, 9.17) is 16.7 Å². The van der Waals surface area contributed by atoms with Gasteiger partial charge in [0.1, 0.15) is 5.82 Å². The van der Waals surface area contributed by atoms with E-state index >= 15 is 0 Å². The summed E-state index contributed by atoms with van der Waals surface area (Å²) in [7, 11) is 0. The van der Waals surface area contributed by atoms with Crippen LogP contribution in [0.5, 0.6) is 0 Å². The van der Waals surface area contributed by atoms with Gasteiger partial charge in [-0.25, -0.2) is 4.39 Å². The van der Waals surface area contributed by atoms with Gasteiger partial charge in [0.25, 0.3) is 0 Å². The molecule has 0 fully saturated rings. The molecule has 0 aromatic heterocycles. The summed E-state index contributed by atoms with van der Waals surface area (Å²) in [6, 6.07) is 3.09. The highest BCUT2D eigenvalue weighted by Crippen LogP contribution is 2.23. The number of hydrogen-bond acceptors (Lipinski definition) is 2. The van der Waals surface area contributed by atoms with E-state index in [0.717, 1.165) is 12.0 Å². The average Bonchev–Trinajstić information content (AvgIpc) is 2.22. The van der Waals surface area contributed by atoms with E-state index in [1.165, 1.54) is 6.07 Å². The first-order chi connectivity index (χ1) is 8.43. The number of aryl methyl sites for hydroxylation is 1. The van der Waals surface area contributed by atoms with Crippen LogP contribution < -0.4 is 0 Å². The molecular weight excluding hydrogens is 257 g/mol. The molecule has 0 aliphatic rings. The Morgan fingerprint density at radius 2 is 2.17 bits per heavy atom. The van der Waals surface area contributed by atoms with Crippen molar-refractivity contribution in [1.82, 2.24) is 4.90 Å². The van der Waals surface area contributed by atoms with Crippen molar-refractivity contribution >= 4 is 17.6 Å². The average molecular weight is 274 g/mol. The predicted octanol–water partition coefficient (Wildman–Crippen LogP) is 3.08.